The molecule has 1 rings (SSSR count). The maximum atomic E-state index is 11.1. The lowest BCUT2D eigenvalue weighted by Gasteiger charge is -2.34. The van der Waals surface area contributed by atoms with Crippen LogP contribution in [0, 0.1) is 0 Å². The first-order chi connectivity index (χ1) is 7.50. The molecule has 0 unspecified atom stereocenters. The highest BCUT2D eigenvalue weighted by atomic mass is 16.2. The van der Waals surface area contributed by atoms with Gasteiger partial charge in [-0.3, -0.25) is 14.5 Å². The summed E-state index contributed by atoms with van der Waals surface area (Å²) in [5, 5.41) is 0. The van der Waals surface area contributed by atoms with Crippen molar-refractivity contribution in [2.24, 2.45) is 0 Å². The Hall–Kier alpha value is -1.10. The van der Waals surface area contributed by atoms with Gasteiger partial charge in [-0.1, -0.05) is 0 Å². The van der Waals surface area contributed by atoms with Crippen molar-refractivity contribution in [1.29, 1.82) is 0 Å². The number of piperazine rings is 1. The molecule has 1 heterocycles. The highest BCUT2D eigenvalue weighted by molar-refractivity contribution is 5.73. The van der Waals surface area contributed by atoms with Gasteiger partial charge in [0.25, 0.3) is 0 Å². The molecule has 1 aliphatic heterocycles. The summed E-state index contributed by atoms with van der Waals surface area (Å²) in [5.74, 6) is 0.253. The van der Waals surface area contributed by atoms with Gasteiger partial charge in [0, 0.05) is 60.2 Å². The zero-order chi connectivity index (χ0) is 12.1. The molecule has 16 heavy (non-hydrogen) atoms. The molecule has 0 aromatic rings. The van der Waals surface area contributed by atoms with E-state index < -0.39 is 0 Å². The normalized spacial score (nSPS) is 17.3. The van der Waals surface area contributed by atoms with Crippen LogP contribution in [0.3, 0.4) is 0 Å². The molecule has 0 saturated carbocycles. The van der Waals surface area contributed by atoms with Crippen LogP contribution in [0.25, 0.3) is 0 Å². The zero-order valence-corrected chi connectivity index (χ0v) is 10.4. The van der Waals surface area contributed by atoms with Crippen molar-refractivity contribution >= 4 is 11.8 Å². The highest BCUT2D eigenvalue weighted by Crippen LogP contribution is 2.01. The van der Waals surface area contributed by atoms with E-state index in [1.165, 1.54) is 0 Å². The van der Waals surface area contributed by atoms with Crippen LogP contribution >= 0.6 is 0 Å². The summed E-state index contributed by atoms with van der Waals surface area (Å²) in [6.45, 7) is 8.26. The van der Waals surface area contributed by atoms with Crippen molar-refractivity contribution < 1.29 is 9.59 Å². The molecule has 0 aliphatic carbocycles. The molecule has 0 radical (unpaired) electrons. The molecule has 0 N–H and O–H groups in total. The minimum atomic E-state index is 0.0994. The van der Waals surface area contributed by atoms with E-state index >= 15 is 0 Å². The number of hydrogen-bond acceptors (Lipinski definition) is 3. The fourth-order valence-electron chi connectivity index (χ4n) is 1.74. The molecule has 1 saturated heterocycles. The van der Waals surface area contributed by atoms with Gasteiger partial charge in [0.15, 0.2) is 0 Å². The maximum absolute atomic E-state index is 11.1. The largest absolute Gasteiger partial charge is 0.345 e. The fourth-order valence-corrected chi connectivity index (χ4v) is 1.74. The molecule has 0 aromatic carbocycles. The van der Waals surface area contributed by atoms with E-state index in [2.05, 4.69) is 4.90 Å². The predicted octanol–water partition coefficient (Wildman–Crippen LogP) is -0.371. The first-order valence-electron chi connectivity index (χ1n) is 5.70. The number of carbonyl (C=O) groups is 2. The second-order valence-electron chi connectivity index (χ2n) is 4.29. The monoisotopic (exact) mass is 227 g/mol. The third kappa shape index (κ3) is 3.81. The van der Waals surface area contributed by atoms with Crippen LogP contribution in [0.15, 0.2) is 0 Å². The van der Waals surface area contributed by atoms with Crippen LogP contribution in [-0.2, 0) is 9.59 Å². The number of amides is 2. The maximum Gasteiger partial charge on any atom is 0.219 e. The Labute approximate surface area is 97.0 Å². The fraction of sp³-hybridized carbons (Fsp3) is 0.818. The molecule has 0 aromatic heterocycles. The first-order valence-corrected chi connectivity index (χ1v) is 5.70. The Morgan fingerprint density at radius 1 is 1.12 bits per heavy atom. The van der Waals surface area contributed by atoms with Gasteiger partial charge >= 0.3 is 0 Å². The lowest BCUT2D eigenvalue weighted by atomic mass is 10.3. The predicted molar refractivity (Wildman–Crippen MR) is 62.0 cm³/mol. The number of carbonyl (C=O) groups excluding carboxylic acids is 2. The molecule has 0 atom stereocenters. The van der Waals surface area contributed by atoms with Crippen molar-refractivity contribution in [3.63, 3.8) is 0 Å². The van der Waals surface area contributed by atoms with E-state index in [-0.39, 0.29) is 11.8 Å². The summed E-state index contributed by atoms with van der Waals surface area (Å²) in [4.78, 5) is 28.0. The molecule has 5 heteroatoms. The van der Waals surface area contributed by atoms with Gasteiger partial charge < -0.3 is 9.80 Å². The molecule has 1 fully saturated rings. The number of hydrogen-bond donors (Lipinski definition) is 0. The lowest BCUT2D eigenvalue weighted by molar-refractivity contribution is -0.130. The van der Waals surface area contributed by atoms with Crippen LogP contribution < -0.4 is 0 Å². The lowest BCUT2D eigenvalue weighted by Crippen LogP contribution is -2.49. The third-order valence-electron chi connectivity index (χ3n) is 3.11. The number of nitrogens with zero attached hydrogens (tertiary/aromatic N) is 3. The Kier molecular flexibility index (Phi) is 4.73. The summed E-state index contributed by atoms with van der Waals surface area (Å²) in [7, 11) is 1.81. The summed E-state index contributed by atoms with van der Waals surface area (Å²) in [5.41, 5.74) is 0. The summed E-state index contributed by atoms with van der Waals surface area (Å²) in [6, 6.07) is 0. The van der Waals surface area contributed by atoms with Gasteiger partial charge in [-0.15, -0.1) is 0 Å². The van der Waals surface area contributed by atoms with E-state index in [9.17, 15) is 9.59 Å². The Morgan fingerprint density at radius 3 is 2.12 bits per heavy atom. The number of likely N-dealkylation sites (N-methyl/N-ethyl adjacent to an activating group) is 1. The van der Waals surface area contributed by atoms with Gasteiger partial charge in [0.05, 0.1) is 0 Å². The Bertz CT molecular complexity index is 260. The second-order valence-corrected chi connectivity index (χ2v) is 4.29. The van der Waals surface area contributed by atoms with E-state index in [0.29, 0.717) is 0 Å². The smallest absolute Gasteiger partial charge is 0.219 e. The average Bonchev–Trinajstić information content (AvgIpc) is 2.26. The van der Waals surface area contributed by atoms with Crippen molar-refractivity contribution in [2.75, 3.05) is 46.3 Å². The molecule has 0 bridgehead atoms. The Balaban J connectivity index is 2.22. The van der Waals surface area contributed by atoms with E-state index in [1.807, 2.05) is 11.9 Å². The molecular formula is C11H21N3O2. The van der Waals surface area contributed by atoms with Gasteiger partial charge in [-0.05, 0) is 0 Å². The van der Waals surface area contributed by atoms with Gasteiger partial charge in [-0.2, -0.15) is 0 Å². The van der Waals surface area contributed by atoms with Crippen LogP contribution in [0.4, 0.5) is 0 Å². The van der Waals surface area contributed by atoms with Crippen LogP contribution in [0.2, 0.25) is 0 Å². The SMILES string of the molecule is CC(=O)N(C)CCN1CCN(C(C)=O)CC1. The first kappa shape index (κ1) is 13.0. The highest BCUT2D eigenvalue weighted by Gasteiger charge is 2.18. The molecule has 5 nitrogen and oxygen atoms in total. The van der Waals surface area contributed by atoms with Crippen molar-refractivity contribution in [3.05, 3.63) is 0 Å². The molecule has 2 amide bonds. The third-order valence-corrected chi connectivity index (χ3v) is 3.11. The molecule has 1 aliphatic rings. The van der Waals surface area contributed by atoms with Crippen molar-refractivity contribution in [2.45, 2.75) is 13.8 Å². The van der Waals surface area contributed by atoms with Crippen molar-refractivity contribution in [1.82, 2.24) is 14.7 Å². The van der Waals surface area contributed by atoms with Gasteiger partial charge in [0.1, 0.15) is 0 Å². The van der Waals surface area contributed by atoms with E-state index in [1.54, 1.807) is 18.7 Å². The van der Waals surface area contributed by atoms with Crippen LogP contribution in [-0.4, -0.2) is 72.8 Å². The number of rotatable bonds is 3. The molecule has 92 valence electrons. The van der Waals surface area contributed by atoms with Gasteiger partial charge in [-0.25, -0.2) is 0 Å². The summed E-state index contributed by atoms with van der Waals surface area (Å²) in [6.07, 6.45) is 0. The zero-order valence-electron chi connectivity index (χ0n) is 10.4. The molecule has 0 spiro atoms. The minimum absolute atomic E-state index is 0.0994. The van der Waals surface area contributed by atoms with Crippen LogP contribution in [0.1, 0.15) is 13.8 Å². The van der Waals surface area contributed by atoms with Gasteiger partial charge in [0.2, 0.25) is 11.8 Å². The van der Waals surface area contributed by atoms with E-state index in [4.69, 9.17) is 0 Å². The minimum Gasteiger partial charge on any atom is -0.345 e. The summed E-state index contributed by atoms with van der Waals surface area (Å²) >= 11 is 0. The topological polar surface area (TPSA) is 43.9 Å². The average molecular weight is 227 g/mol. The van der Waals surface area contributed by atoms with E-state index in [0.717, 1.165) is 39.3 Å². The summed E-state index contributed by atoms with van der Waals surface area (Å²) < 4.78 is 0. The van der Waals surface area contributed by atoms with Crippen molar-refractivity contribution in [3.8, 4) is 0 Å². The van der Waals surface area contributed by atoms with Crippen LogP contribution in [0.5, 0.6) is 0 Å². The molecular weight excluding hydrogens is 206 g/mol. The quantitative estimate of drug-likeness (QED) is 0.660. The Morgan fingerprint density at radius 2 is 1.69 bits per heavy atom. The second kappa shape index (κ2) is 5.84. The standard InChI is InChI=1S/C11H21N3O2/c1-10(15)12(3)4-5-13-6-8-14(9-7-13)11(2)16/h4-9H2,1-3H3.